The molecule has 1 aliphatic rings. The maximum Gasteiger partial charge on any atom is 0.244 e. The van der Waals surface area contributed by atoms with Crippen LogP contribution in [0.4, 0.5) is 0 Å². The van der Waals surface area contributed by atoms with Gasteiger partial charge in [-0.25, -0.2) is 8.42 Å². The Balaban J connectivity index is 2.41. The number of sulfonamides is 1. The number of hydrogen-bond acceptors (Lipinski definition) is 3. The lowest BCUT2D eigenvalue weighted by Gasteiger charge is -2.19. The molecule has 1 saturated carbocycles. The first-order valence-corrected chi connectivity index (χ1v) is 9.09. The highest BCUT2D eigenvalue weighted by Gasteiger charge is 2.36. The van der Waals surface area contributed by atoms with Crippen molar-refractivity contribution in [3.63, 3.8) is 0 Å². The molecule has 1 fully saturated rings. The van der Waals surface area contributed by atoms with Gasteiger partial charge in [0.2, 0.25) is 10.0 Å². The molecule has 4 nitrogen and oxygen atoms in total. The summed E-state index contributed by atoms with van der Waals surface area (Å²) in [6, 6.07) is 3.96. The number of aryl methyl sites for hydroxylation is 1. The molecule has 1 aromatic rings. The molecular formula is C14H21BrN2O2S. The molecule has 1 aromatic carbocycles. The van der Waals surface area contributed by atoms with E-state index in [2.05, 4.69) is 21.2 Å². The van der Waals surface area contributed by atoms with Crippen LogP contribution < -0.4 is 5.32 Å². The minimum Gasteiger partial charge on any atom is -0.313 e. The summed E-state index contributed by atoms with van der Waals surface area (Å²) in [5.74, 6) is 0. The van der Waals surface area contributed by atoms with Gasteiger partial charge in [-0.3, -0.25) is 0 Å². The summed E-state index contributed by atoms with van der Waals surface area (Å²) < 4.78 is 27.6. The van der Waals surface area contributed by atoms with Crippen LogP contribution in [0.15, 0.2) is 21.5 Å². The van der Waals surface area contributed by atoms with Crippen LogP contribution in [0.3, 0.4) is 0 Å². The highest BCUT2D eigenvalue weighted by molar-refractivity contribution is 9.10. The molecule has 2 rings (SSSR count). The average Bonchev–Trinajstić information content (AvgIpc) is 3.23. The number of benzene rings is 1. The van der Waals surface area contributed by atoms with E-state index in [9.17, 15) is 8.42 Å². The summed E-state index contributed by atoms with van der Waals surface area (Å²) in [5, 5.41) is 3.23. The Labute approximate surface area is 129 Å². The molecule has 20 heavy (non-hydrogen) atoms. The zero-order valence-electron chi connectivity index (χ0n) is 12.1. The van der Waals surface area contributed by atoms with Crippen molar-refractivity contribution in [2.45, 2.75) is 44.2 Å². The molecule has 0 atom stereocenters. The summed E-state index contributed by atoms with van der Waals surface area (Å²) in [6.07, 6.45) is 1.92. The predicted octanol–water partition coefficient (Wildman–Crippen LogP) is 2.65. The Kier molecular flexibility index (Phi) is 4.89. The first-order valence-electron chi connectivity index (χ1n) is 6.85. The SMILES string of the molecule is CCNCc1cc(C)c(Br)c(S(=O)(=O)N(C)C2CC2)c1. The minimum absolute atomic E-state index is 0.171. The maximum atomic E-state index is 12.7. The van der Waals surface area contributed by atoms with E-state index < -0.39 is 10.0 Å². The second kappa shape index (κ2) is 6.13. The first-order chi connectivity index (χ1) is 9.37. The largest absolute Gasteiger partial charge is 0.313 e. The molecule has 0 heterocycles. The van der Waals surface area contributed by atoms with Crippen molar-refractivity contribution >= 4 is 26.0 Å². The third-order valence-corrected chi connectivity index (χ3v) is 6.83. The second-order valence-electron chi connectivity index (χ2n) is 5.26. The molecule has 0 saturated heterocycles. The van der Waals surface area contributed by atoms with Gasteiger partial charge in [0.15, 0.2) is 0 Å². The molecule has 0 unspecified atom stereocenters. The van der Waals surface area contributed by atoms with E-state index in [1.165, 1.54) is 4.31 Å². The molecule has 0 spiro atoms. The first kappa shape index (κ1) is 15.9. The highest BCUT2D eigenvalue weighted by atomic mass is 79.9. The number of halogens is 1. The van der Waals surface area contributed by atoms with E-state index in [1.54, 1.807) is 13.1 Å². The molecule has 0 aromatic heterocycles. The topological polar surface area (TPSA) is 49.4 Å². The Morgan fingerprint density at radius 2 is 2.05 bits per heavy atom. The number of nitrogens with one attached hydrogen (secondary N) is 1. The maximum absolute atomic E-state index is 12.7. The highest BCUT2D eigenvalue weighted by Crippen LogP contribution is 2.34. The van der Waals surface area contributed by atoms with Crippen LogP contribution in [0, 0.1) is 6.92 Å². The van der Waals surface area contributed by atoms with Crippen LogP contribution in [-0.4, -0.2) is 32.4 Å². The monoisotopic (exact) mass is 360 g/mol. The van der Waals surface area contributed by atoms with Crippen LogP contribution >= 0.6 is 15.9 Å². The summed E-state index contributed by atoms with van der Waals surface area (Å²) >= 11 is 3.43. The summed E-state index contributed by atoms with van der Waals surface area (Å²) in [5.41, 5.74) is 1.94. The van der Waals surface area contributed by atoms with Crippen molar-refractivity contribution < 1.29 is 8.42 Å². The fourth-order valence-electron chi connectivity index (χ4n) is 2.16. The van der Waals surface area contributed by atoms with E-state index >= 15 is 0 Å². The predicted molar refractivity (Wildman–Crippen MR) is 84.2 cm³/mol. The molecule has 0 radical (unpaired) electrons. The number of nitrogens with zero attached hydrogens (tertiary/aromatic N) is 1. The molecular weight excluding hydrogens is 340 g/mol. The van der Waals surface area contributed by atoms with E-state index in [4.69, 9.17) is 0 Å². The molecule has 0 aliphatic heterocycles. The van der Waals surface area contributed by atoms with Gasteiger partial charge in [0, 0.05) is 24.1 Å². The van der Waals surface area contributed by atoms with E-state index in [-0.39, 0.29) is 6.04 Å². The Hall–Kier alpha value is -0.430. The van der Waals surface area contributed by atoms with Crippen molar-refractivity contribution in [1.29, 1.82) is 0 Å². The van der Waals surface area contributed by atoms with E-state index in [1.807, 2.05) is 19.9 Å². The van der Waals surface area contributed by atoms with Crippen molar-refractivity contribution in [3.05, 3.63) is 27.7 Å². The molecule has 0 amide bonds. The van der Waals surface area contributed by atoms with E-state index in [0.717, 1.165) is 30.5 Å². The van der Waals surface area contributed by atoms with Gasteiger partial charge in [0.05, 0.1) is 4.90 Å². The zero-order chi connectivity index (χ0) is 14.9. The van der Waals surface area contributed by atoms with Gasteiger partial charge in [-0.05, 0) is 59.4 Å². The average molecular weight is 361 g/mol. The molecule has 0 bridgehead atoms. The Morgan fingerprint density at radius 3 is 2.60 bits per heavy atom. The standard InChI is InChI=1S/C14H21BrN2O2S/c1-4-16-9-11-7-10(2)14(15)13(8-11)20(18,19)17(3)12-5-6-12/h7-8,12,16H,4-6,9H2,1-3H3. The zero-order valence-corrected chi connectivity index (χ0v) is 14.5. The van der Waals surface area contributed by atoms with Crippen LogP contribution in [0.2, 0.25) is 0 Å². The van der Waals surface area contributed by atoms with Crippen LogP contribution in [-0.2, 0) is 16.6 Å². The van der Waals surface area contributed by atoms with Crippen LogP contribution in [0.1, 0.15) is 30.9 Å². The smallest absolute Gasteiger partial charge is 0.244 e. The second-order valence-corrected chi connectivity index (χ2v) is 8.02. The molecule has 1 N–H and O–H groups in total. The lowest BCUT2D eigenvalue weighted by Crippen LogP contribution is -2.29. The molecule has 112 valence electrons. The summed E-state index contributed by atoms with van der Waals surface area (Å²) in [4.78, 5) is 0.375. The van der Waals surface area contributed by atoms with Gasteiger partial charge < -0.3 is 5.32 Å². The quantitative estimate of drug-likeness (QED) is 0.848. The summed E-state index contributed by atoms with van der Waals surface area (Å²) in [6.45, 7) is 5.50. The van der Waals surface area contributed by atoms with Crippen molar-refractivity contribution in [1.82, 2.24) is 9.62 Å². The van der Waals surface area contributed by atoms with E-state index in [0.29, 0.717) is 15.9 Å². The van der Waals surface area contributed by atoms with Crippen molar-refractivity contribution in [2.24, 2.45) is 0 Å². The third kappa shape index (κ3) is 3.24. The van der Waals surface area contributed by atoms with Crippen LogP contribution in [0.25, 0.3) is 0 Å². The van der Waals surface area contributed by atoms with Crippen molar-refractivity contribution in [3.8, 4) is 0 Å². The number of hydrogen-bond donors (Lipinski definition) is 1. The molecule has 1 aliphatic carbocycles. The Morgan fingerprint density at radius 1 is 1.40 bits per heavy atom. The molecule has 6 heteroatoms. The van der Waals surface area contributed by atoms with Gasteiger partial charge in [-0.2, -0.15) is 4.31 Å². The Bertz CT molecular complexity index is 597. The number of rotatable bonds is 6. The fourth-order valence-corrected chi connectivity index (χ4v) is 4.60. The van der Waals surface area contributed by atoms with Gasteiger partial charge in [0.25, 0.3) is 0 Å². The van der Waals surface area contributed by atoms with Crippen molar-refractivity contribution in [2.75, 3.05) is 13.6 Å². The normalized spacial score (nSPS) is 15.8. The third-order valence-electron chi connectivity index (χ3n) is 3.58. The van der Waals surface area contributed by atoms with Gasteiger partial charge in [-0.15, -0.1) is 0 Å². The fraction of sp³-hybridized carbons (Fsp3) is 0.571. The van der Waals surface area contributed by atoms with Crippen LogP contribution in [0.5, 0.6) is 0 Å². The lowest BCUT2D eigenvalue weighted by molar-refractivity contribution is 0.463. The van der Waals surface area contributed by atoms with Gasteiger partial charge in [0.1, 0.15) is 0 Å². The van der Waals surface area contributed by atoms with Gasteiger partial charge >= 0.3 is 0 Å². The lowest BCUT2D eigenvalue weighted by atomic mass is 10.1. The summed E-state index contributed by atoms with van der Waals surface area (Å²) in [7, 11) is -1.75. The minimum atomic E-state index is -3.42. The van der Waals surface area contributed by atoms with Gasteiger partial charge in [-0.1, -0.05) is 13.0 Å².